The Morgan fingerprint density at radius 3 is 2.42 bits per heavy atom. The molecule has 0 radical (unpaired) electrons. The Labute approximate surface area is 398 Å². The molecule has 4 aromatic heterocycles. The van der Waals surface area contributed by atoms with Gasteiger partial charge in [-0.2, -0.15) is 9.40 Å². The van der Waals surface area contributed by atoms with Crippen LogP contribution in [0.4, 0.5) is 5.69 Å². The predicted molar refractivity (Wildman–Crippen MR) is 258 cm³/mol. The number of aliphatic carboxylic acids is 1. The molecule has 0 aliphatic carbocycles. The molecule has 1 fully saturated rings. The van der Waals surface area contributed by atoms with E-state index >= 15 is 0 Å². The van der Waals surface area contributed by atoms with Gasteiger partial charge in [-0.15, -0.1) is 21.5 Å². The average Bonchev–Trinajstić information content (AvgIpc) is 3.96. The van der Waals surface area contributed by atoms with Crippen LogP contribution in [-0.4, -0.2) is 98.6 Å². The Morgan fingerprint density at radius 1 is 0.925 bits per heavy atom. The van der Waals surface area contributed by atoms with E-state index in [1.165, 1.54) is 21.4 Å². The molecule has 6 heterocycles. The van der Waals surface area contributed by atoms with E-state index in [0.717, 1.165) is 58.9 Å². The maximum atomic E-state index is 14.3. The Bertz CT molecular complexity index is 2950. The van der Waals surface area contributed by atoms with E-state index in [2.05, 4.69) is 39.8 Å². The second-order valence-electron chi connectivity index (χ2n) is 17.1. The van der Waals surface area contributed by atoms with Gasteiger partial charge < -0.3 is 20.5 Å². The molecule has 1 saturated heterocycles. The van der Waals surface area contributed by atoms with Crippen LogP contribution >= 0.6 is 22.9 Å². The van der Waals surface area contributed by atoms with E-state index in [1.54, 1.807) is 53.4 Å². The summed E-state index contributed by atoms with van der Waals surface area (Å²) in [7, 11) is -2.39. The quantitative estimate of drug-likeness (QED) is 0.0708. The van der Waals surface area contributed by atoms with Crippen LogP contribution in [0, 0.1) is 20.8 Å². The van der Waals surface area contributed by atoms with Crippen molar-refractivity contribution in [3.63, 3.8) is 0 Å². The number of ether oxygens (including phenoxy) is 1. The predicted octanol–water partition coefficient (Wildman–Crippen LogP) is 8.03. The standard InChI is InChI=1S/C48H54ClN9O7S2/c1-29-30(2)66-48-45(29)46(32-11-13-35(49)14-12-32)53-39(47-55-54-31(3)58(47)48)27-43(60)50-20-9-7-5-6-8-10-42(59)52-36-15-16-38(33-17-23-57-40(24-33)34(28-51-57)25-44(61)62)41(26-36)67(63,64)56-21-18-37(65-4)19-22-56/h11-17,23-24,26,28,37,39H,5-10,18-22,25,27H2,1-4H3,(H,50,60)(H,52,59)(H,61,62)/t39-/m0/s1. The van der Waals surface area contributed by atoms with Crippen LogP contribution in [0.2, 0.25) is 5.02 Å². The zero-order chi connectivity index (χ0) is 47.4. The lowest BCUT2D eigenvalue weighted by molar-refractivity contribution is -0.136. The maximum absolute atomic E-state index is 14.3. The van der Waals surface area contributed by atoms with Gasteiger partial charge in [0.2, 0.25) is 21.8 Å². The Morgan fingerprint density at radius 2 is 1.67 bits per heavy atom. The third kappa shape index (κ3) is 10.5. The topological polar surface area (TPSA) is 202 Å². The number of carboxylic acids is 1. The van der Waals surface area contributed by atoms with Crippen molar-refractivity contribution < 1.29 is 32.6 Å². The fourth-order valence-electron chi connectivity index (χ4n) is 8.77. The van der Waals surface area contributed by atoms with Crippen molar-refractivity contribution in [2.75, 3.05) is 32.1 Å². The molecule has 67 heavy (non-hydrogen) atoms. The number of aromatic nitrogens is 5. The van der Waals surface area contributed by atoms with Crippen molar-refractivity contribution in [1.29, 1.82) is 0 Å². The van der Waals surface area contributed by atoms with Gasteiger partial charge in [0.05, 0.1) is 41.3 Å². The summed E-state index contributed by atoms with van der Waals surface area (Å²) < 4.78 is 39.1. The number of aryl methyl sites for hydroxylation is 2. The van der Waals surface area contributed by atoms with Gasteiger partial charge in [-0.1, -0.05) is 49.1 Å². The molecule has 0 unspecified atom stereocenters. The van der Waals surface area contributed by atoms with E-state index in [1.807, 2.05) is 35.8 Å². The number of pyridine rings is 1. The Balaban J connectivity index is 0.850. The molecule has 16 nitrogen and oxygen atoms in total. The van der Waals surface area contributed by atoms with Gasteiger partial charge in [-0.05, 0) is 94.0 Å². The Hall–Kier alpha value is -5.79. The van der Waals surface area contributed by atoms with Crippen LogP contribution in [0.15, 0.2) is 76.9 Å². The first-order valence-corrected chi connectivity index (χ1v) is 25.1. The van der Waals surface area contributed by atoms with Gasteiger partial charge in [-0.25, -0.2) is 12.9 Å². The molecular formula is C48H54ClN9O7S2. The van der Waals surface area contributed by atoms with Gasteiger partial charge in [-0.3, -0.25) is 23.9 Å². The van der Waals surface area contributed by atoms with E-state index in [4.69, 9.17) is 21.3 Å². The number of carboxylic acid groups (broad SMARTS) is 1. The third-order valence-corrected chi connectivity index (χ3v) is 15.9. The number of anilines is 1. The largest absolute Gasteiger partial charge is 0.481 e. The molecule has 352 valence electrons. The zero-order valence-corrected chi connectivity index (χ0v) is 40.3. The van der Waals surface area contributed by atoms with Crippen molar-refractivity contribution in [3.05, 3.63) is 111 Å². The highest BCUT2D eigenvalue weighted by molar-refractivity contribution is 7.89. The van der Waals surface area contributed by atoms with Crippen molar-refractivity contribution in [1.82, 2.24) is 34.0 Å². The second-order valence-corrected chi connectivity index (χ2v) is 20.6. The number of carbonyl (C=O) groups excluding carboxylic acids is 2. The molecule has 2 aliphatic heterocycles. The summed E-state index contributed by atoms with van der Waals surface area (Å²) in [6.07, 6.45) is 8.34. The van der Waals surface area contributed by atoms with Crippen LogP contribution < -0.4 is 10.6 Å². The molecule has 2 aliphatic rings. The second kappa shape index (κ2) is 20.6. The number of unbranched alkanes of at least 4 members (excludes halogenated alkanes) is 4. The number of thiophene rings is 1. The molecule has 6 aromatic rings. The van der Waals surface area contributed by atoms with E-state index in [0.29, 0.717) is 64.5 Å². The number of benzene rings is 2. The van der Waals surface area contributed by atoms with Gasteiger partial charge >= 0.3 is 5.97 Å². The summed E-state index contributed by atoms with van der Waals surface area (Å²) >= 11 is 7.91. The highest BCUT2D eigenvalue weighted by Gasteiger charge is 2.34. The van der Waals surface area contributed by atoms with Crippen LogP contribution in [-0.2, 0) is 35.6 Å². The molecular weight excluding hydrogens is 914 g/mol. The molecule has 0 bridgehead atoms. The molecule has 2 amide bonds. The normalized spacial score (nSPS) is 15.5. The van der Waals surface area contributed by atoms with E-state index in [9.17, 15) is 27.9 Å². The van der Waals surface area contributed by atoms with Crippen molar-refractivity contribution in [2.45, 2.75) is 102 Å². The molecule has 2 aromatic carbocycles. The summed E-state index contributed by atoms with van der Waals surface area (Å²) in [6.45, 7) is 7.17. The first kappa shape index (κ1) is 47.7. The number of hydrogen-bond acceptors (Lipinski definition) is 11. The average molecular weight is 969 g/mol. The summed E-state index contributed by atoms with van der Waals surface area (Å²) in [6, 6.07) is 15.4. The highest BCUT2D eigenvalue weighted by atomic mass is 35.5. The molecule has 3 N–H and O–H groups in total. The lowest BCUT2D eigenvalue weighted by Crippen LogP contribution is -2.40. The summed E-state index contributed by atoms with van der Waals surface area (Å²) in [5, 5.41) is 30.2. The number of hydrogen-bond donors (Lipinski definition) is 3. The number of nitrogens with one attached hydrogen (secondary N) is 2. The van der Waals surface area contributed by atoms with Gasteiger partial charge in [0.1, 0.15) is 16.9 Å². The summed E-state index contributed by atoms with van der Waals surface area (Å²) in [5.41, 5.74) is 6.26. The molecule has 8 rings (SSSR count). The van der Waals surface area contributed by atoms with Gasteiger partial charge in [0.25, 0.3) is 0 Å². The lowest BCUT2D eigenvalue weighted by atomic mass is 9.99. The number of fused-ring (bicyclic) bond motifs is 4. The SMILES string of the molecule is COC1CCN(S(=O)(=O)c2cc(NC(=O)CCCCCCCNC(=O)C[C@@H]3N=C(c4ccc(Cl)cc4)c4c(sc(C)c4C)-n4c(C)nnc43)ccc2-c2ccn3ncc(CC(=O)O)c3c2)CC1. The first-order chi connectivity index (χ1) is 32.2. The summed E-state index contributed by atoms with van der Waals surface area (Å²) in [4.78, 5) is 44.5. The van der Waals surface area contributed by atoms with Crippen LogP contribution in [0.1, 0.15) is 103 Å². The molecule has 1 atom stereocenters. The number of piperidine rings is 1. The minimum absolute atomic E-state index is 0.0254. The monoisotopic (exact) mass is 967 g/mol. The first-order valence-electron chi connectivity index (χ1n) is 22.5. The number of sulfonamides is 1. The number of nitrogens with zero attached hydrogens (tertiary/aromatic N) is 7. The maximum Gasteiger partial charge on any atom is 0.307 e. The molecule has 0 saturated carbocycles. The Kier molecular flexibility index (Phi) is 14.7. The number of amides is 2. The number of rotatable bonds is 18. The number of methoxy groups -OCH3 is 1. The minimum Gasteiger partial charge on any atom is -0.481 e. The van der Waals surface area contributed by atoms with Gasteiger partial charge in [0, 0.05) is 77.2 Å². The number of aliphatic imine (C=N–C) groups is 1. The summed E-state index contributed by atoms with van der Waals surface area (Å²) in [5.74, 6) is -0.000886. The fourth-order valence-corrected chi connectivity index (χ4v) is 11.8. The molecule has 0 spiro atoms. The van der Waals surface area contributed by atoms with Crippen molar-refractivity contribution >= 4 is 67.7 Å². The van der Waals surface area contributed by atoms with E-state index in [-0.39, 0.29) is 55.2 Å². The minimum atomic E-state index is -4.01. The van der Waals surface area contributed by atoms with Gasteiger partial charge in [0.15, 0.2) is 5.82 Å². The van der Waals surface area contributed by atoms with Crippen LogP contribution in [0.25, 0.3) is 21.6 Å². The number of halogens is 1. The van der Waals surface area contributed by atoms with Crippen molar-refractivity contribution in [3.8, 4) is 16.1 Å². The van der Waals surface area contributed by atoms with Crippen LogP contribution in [0.5, 0.6) is 0 Å². The third-order valence-electron chi connectivity index (χ3n) is 12.5. The van der Waals surface area contributed by atoms with E-state index < -0.39 is 22.0 Å². The van der Waals surface area contributed by atoms with Crippen LogP contribution in [0.3, 0.4) is 0 Å². The molecule has 19 heteroatoms. The fraction of sp³-hybridized carbons (Fsp3) is 0.396. The smallest absolute Gasteiger partial charge is 0.307 e. The number of carbonyl (C=O) groups is 3. The highest BCUT2D eigenvalue weighted by Crippen LogP contribution is 2.40. The lowest BCUT2D eigenvalue weighted by Gasteiger charge is -2.31. The van der Waals surface area contributed by atoms with Crippen molar-refractivity contribution in [2.24, 2.45) is 4.99 Å². The zero-order valence-electron chi connectivity index (χ0n) is 37.9.